The van der Waals surface area contributed by atoms with E-state index in [4.69, 9.17) is 14.5 Å². The quantitative estimate of drug-likeness (QED) is 0.221. The van der Waals surface area contributed by atoms with Gasteiger partial charge in [-0.05, 0) is 61.2 Å². The molecule has 7 nitrogen and oxygen atoms in total. The van der Waals surface area contributed by atoms with Gasteiger partial charge in [0.05, 0.1) is 23.7 Å². The van der Waals surface area contributed by atoms with E-state index in [1.54, 1.807) is 11.8 Å². The van der Waals surface area contributed by atoms with Crippen molar-refractivity contribution in [2.75, 3.05) is 18.1 Å². The first kappa shape index (κ1) is 24.6. The van der Waals surface area contributed by atoms with Crippen LogP contribution in [0.25, 0.3) is 11.0 Å². The van der Waals surface area contributed by atoms with Gasteiger partial charge in [0.1, 0.15) is 11.5 Å². The van der Waals surface area contributed by atoms with Crippen LogP contribution in [0.5, 0.6) is 11.5 Å². The summed E-state index contributed by atoms with van der Waals surface area (Å²) < 4.78 is 13.6. The molecule has 0 unspecified atom stereocenters. The van der Waals surface area contributed by atoms with Crippen molar-refractivity contribution in [3.63, 3.8) is 0 Å². The van der Waals surface area contributed by atoms with Crippen LogP contribution in [0.4, 0.5) is 5.95 Å². The maximum absolute atomic E-state index is 14.0. The Labute approximate surface area is 216 Å². The summed E-state index contributed by atoms with van der Waals surface area (Å²) in [5, 5.41) is 0. The number of ether oxygens (including phenoxy) is 2. The number of hydrogen-bond acceptors (Lipinski definition) is 5. The molecule has 5 rings (SSSR count). The molecular weight excluding hydrogens is 466 g/mol. The summed E-state index contributed by atoms with van der Waals surface area (Å²) in [6, 6.07) is 24.2. The Hall–Kier alpha value is -4.13. The molecular formula is C30H31N3O4. The van der Waals surface area contributed by atoms with Crippen molar-refractivity contribution in [3.05, 3.63) is 84.4 Å². The number of carbonyl (C=O) groups excluding carboxylic acids is 2. The number of esters is 1. The third-order valence-corrected chi connectivity index (χ3v) is 6.59. The first-order valence-electron chi connectivity index (χ1n) is 12.8. The van der Waals surface area contributed by atoms with Gasteiger partial charge in [-0.25, -0.2) is 4.98 Å². The zero-order valence-corrected chi connectivity index (χ0v) is 21.3. The van der Waals surface area contributed by atoms with Gasteiger partial charge >= 0.3 is 5.97 Å². The number of rotatable bonds is 8. The van der Waals surface area contributed by atoms with Gasteiger partial charge < -0.3 is 14.0 Å². The second-order valence-electron chi connectivity index (χ2n) is 9.61. The highest BCUT2D eigenvalue weighted by Gasteiger charge is 2.47. The Morgan fingerprint density at radius 2 is 1.70 bits per heavy atom. The Morgan fingerprint density at radius 1 is 0.973 bits per heavy atom. The third-order valence-electron chi connectivity index (χ3n) is 6.59. The number of imidazole rings is 1. The van der Waals surface area contributed by atoms with E-state index in [1.807, 2.05) is 83.4 Å². The van der Waals surface area contributed by atoms with Crippen LogP contribution in [-0.2, 0) is 14.3 Å². The van der Waals surface area contributed by atoms with E-state index in [2.05, 4.69) is 13.8 Å². The van der Waals surface area contributed by atoms with Crippen LogP contribution in [0.1, 0.15) is 38.8 Å². The van der Waals surface area contributed by atoms with Crippen molar-refractivity contribution >= 4 is 28.9 Å². The summed E-state index contributed by atoms with van der Waals surface area (Å²) in [4.78, 5) is 33.9. The molecule has 0 radical (unpaired) electrons. The van der Waals surface area contributed by atoms with Gasteiger partial charge in [-0.1, -0.05) is 56.3 Å². The van der Waals surface area contributed by atoms with Crippen LogP contribution < -0.4 is 9.64 Å². The SMILES string of the molecule is CCOC(=O)[C@@H]1C(=O)N(CCC(C)C)c2nc3ccccc3n2[C@@H]1c1cccc(Oc2ccccc2)c1. The Kier molecular flexibility index (Phi) is 6.95. The molecule has 2 heterocycles. The molecule has 0 bridgehead atoms. The smallest absolute Gasteiger partial charge is 0.321 e. The fraction of sp³-hybridized carbons (Fsp3) is 0.300. The molecule has 1 aliphatic rings. The van der Waals surface area contributed by atoms with Gasteiger partial charge in [-0.3, -0.25) is 14.5 Å². The van der Waals surface area contributed by atoms with Crippen LogP contribution >= 0.6 is 0 Å². The predicted molar refractivity (Wildman–Crippen MR) is 143 cm³/mol. The first-order chi connectivity index (χ1) is 18.0. The fourth-order valence-corrected chi connectivity index (χ4v) is 4.83. The molecule has 4 aromatic rings. The van der Waals surface area contributed by atoms with Crippen molar-refractivity contribution in [1.29, 1.82) is 0 Å². The maximum Gasteiger partial charge on any atom is 0.321 e. The summed E-state index contributed by atoms with van der Waals surface area (Å²) in [6.45, 7) is 6.64. The van der Waals surface area contributed by atoms with Crippen LogP contribution in [-0.4, -0.2) is 34.6 Å². The number of benzene rings is 3. The van der Waals surface area contributed by atoms with Gasteiger partial charge in [0.2, 0.25) is 11.9 Å². The Morgan fingerprint density at radius 3 is 2.46 bits per heavy atom. The van der Waals surface area contributed by atoms with Crippen molar-refractivity contribution in [2.24, 2.45) is 11.8 Å². The Balaban J connectivity index is 1.67. The average molecular weight is 498 g/mol. The van der Waals surface area contributed by atoms with E-state index < -0.39 is 17.9 Å². The number of carbonyl (C=O) groups is 2. The molecule has 0 saturated carbocycles. The lowest BCUT2D eigenvalue weighted by Gasteiger charge is -2.38. The van der Waals surface area contributed by atoms with Crippen LogP contribution in [0.2, 0.25) is 0 Å². The molecule has 0 N–H and O–H groups in total. The molecule has 0 spiro atoms. The number of aromatic nitrogens is 2. The molecule has 1 aromatic heterocycles. The highest BCUT2D eigenvalue weighted by molar-refractivity contribution is 6.08. The lowest BCUT2D eigenvalue weighted by atomic mass is 9.89. The summed E-state index contributed by atoms with van der Waals surface area (Å²) in [6.07, 6.45) is 0.787. The van der Waals surface area contributed by atoms with E-state index in [0.29, 0.717) is 29.9 Å². The van der Waals surface area contributed by atoms with Crippen LogP contribution in [0.15, 0.2) is 78.9 Å². The first-order valence-corrected chi connectivity index (χ1v) is 12.8. The van der Waals surface area contributed by atoms with Crippen molar-refractivity contribution in [1.82, 2.24) is 9.55 Å². The number of para-hydroxylation sites is 3. The zero-order valence-electron chi connectivity index (χ0n) is 21.3. The summed E-state index contributed by atoms with van der Waals surface area (Å²) in [7, 11) is 0. The van der Waals surface area contributed by atoms with E-state index in [9.17, 15) is 9.59 Å². The highest BCUT2D eigenvalue weighted by Crippen LogP contribution is 2.42. The molecule has 0 fully saturated rings. The largest absolute Gasteiger partial charge is 0.465 e. The Bertz CT molecular complexity index is 1410. The third kappa shape index (κ3) is 4.81. The van der Waals surface area contributed by atoms with Gasteiger partial charge in [0, 0.05) is 6.54 Å². The van der Waals surface area contributed by atoms with E-state index in [1.165, 1.54) is 0 Å². The van der Waals surface area contributed by atoms with Gasteiger partial charge in [-0.15, -0.1) is 0 Å². The molecule has 3 aromatic carbocycles. The van der Waals surface area contributed by atoms with E-state index >= 15 is 0 Å². The lowest BCUT2D eigenvalue weighted by Crippen LogP contribution is -2.50. The second kappa shape index (κ2) is 10.5. The average Bonchev–Trinajstić information content (AvgIpc) is 3.27. The minimum atomic E-state index is -1.05. The van der Waals surface area contributed by atoms with Gasteiger partial charge in [-0.2, -0.15) is 0 Å². The zero-order chi connectivity index (χ0) is 25.9. The molecule has 1 amide bonds. The lowest BCUT2D eigenvalue weighted by molar-refractivity contribution is -0.153. The number of nitrogens with zero attached hydrogens (tertiary/aromatic N) is 3. The molecule has 2 atom stereocenters. The minimum absolute atomic E-state index is 0.190. The van der Waals surface area contributed by atoms with Crippen molar-refractivity contribution in [3.8, 4) is 11.5 Å². The monoisotopic (exact) mass is 497 g/mol. The van der Waals surface area contributed by atoms with Gasteiger partial charge in [0.25, 0.3) is 0 Å². The number of fused-ring (bicyclic) bond motifs is 3. The van der Waals surface area contributed by atoms with Gasteiger partial charge in [0.15, 0.2) is 5.92 Å². The molecule has 190 valence electrons. The van der Waals surface area contributed by atoms with Crippen LogP contribution in [0.3, 0.4) is 0 Å². The molecule has 37 heavy (non-hydrogen) atoms. The minimum Gasteiger partial charge on any atom is -0.465 e. The second-order valence-corrected chi connectivity index (χ2v) is 9.61. The molecule has 0 aliphatic carbocycles. The fourth-order valence-electron chi connectivity index (χ4n) is 4.83. The molecule has 0 saturated heterocycles. The number of hydrogen-bond donors (Lipinski definition) is 0. The number of amides is 1. The van der Waals surface area contributed by atoms with Crippen molar-refractivity contribution in [2.45, 2.75) is 33.2 Å². The predicted octanol–water partition coefficient (Wildman–Crippen LogP) is 5.99. The van der Waals surface area contributed by atoms with E-state index in [-0.39, 0.29) is 12.5 Å². The molecule has 7 heteroatoms. The molecule has 1 aliphatic heterocycles. The summed E-state index contributed by atoms with van der Waals surface area (Å²) in [5.74, 6) is 0.375. The number of anilines is 1. The highest BCUT2D eigenvalue weighted by atomic mass is 16.5. The van der Waals surface area contributed by atoms with Crippen molar-refractivity contribution < 1.29 is 19.1 Å². The van der Waals surface area contributed by atoms with E-state index in [0.717, 1.165) is 23.0 Å². The van der Waals surface area contributed by atoms with Crippen LogP contribution in [0, 0.1) is 11.8 Å². The summed E-state index contributed by atoms with van der Waals surface area (Å²) in [5.41, 5.74) is 2.40. The topological polar surface area (TPSA) is 73.7 Å². The normalized spacial score (nSPS) is 17.2. The summed E-state index contributed by atoms with van der Waals surface area (Å²) >= 11 is 0. The maximum atomic E-state index is 14.0. The standard InChI is InChI=1S/C30H31N3O4/c1-4-36-29(35)26-27(21-11-10-14-23(19-21)37-22-12-6-5-7-13-22)33-25-16-9-8-15-24(25)31-30(33)32(28(26)34)18-17-20(2)3/h5-16,19-20,26-27H,4,17-18H2,1-3H3/t26-,27+/m0/s1.